The predicted octanol–water partition coefficient (Wildman–Crippen LogP) is 2.87. The number of hydrogen-bond acceptors (Lipinski definition) is 2. The van der Waals surface area contributed by atoms with Crippen LogP contribution in [0.25, 0.3) is 0 Å². The second kappa shape index (κ2) is 6.29. The fraction of sp³-hybridized carbons (Fsp3) is 0.462. The van der Waals surface area contributed by atoms with Gasteiger partial charge in [0.1, 0.15) is 5.82 Å². The smallest absolute Gasteiger partial charge is 0.254 e. The Morgan fingerprint density at radius 2 is 2.22 bits per heavy atom. The summed E-state index contributed by atoms with van der Waals surface area (Å²) >= 11 is 3.03. The Bertz CT molecular complexity index is 435. The first kappa shape index (κ1) is 15.1. The van der Waals surface area contributed by atoms with Crippen molar-refractivity contribution in [1.29, 1.82) is 0 Å². The van der Waals surface area contributed by atoms with E-state index < -0.39 is 17.3 Å². The van der Waals surface area contributed by atoms with E-state index in [1.807, 2.05) is 6.92 Å². The van der Waals surface area contributed by atoms with E-state index in [-0.39, 0.29) is 16.6 Å². The number of benzene rings is 1. The Hall–Kier alpha value is -0.940. The quantitative estimate of drug-likeness (QED) is 0.877. The number of hydrogen-bond donors (Lipinski definition) is 2. The monoisotopic (exact) mass is 317 g/mol. The lowest BCUT2D eigenvalue weighted by Gasteiger charge is -2.23. The van der Waals surface area contributed by atoms with Crippen LogP contribution >= 0.6 is 15.9 Å². The van der Waals surface area contributed by atoms with Crippen LogP contribution in [0.1, 0.15) is 37.0 Å². The first-order valence-corrected chi connectivity index (χ1v) is 6.61. The van der Waals surface area contributed by atoms with Crippen molar-refractivity contribution in [3.05, 3.63) is 34.1 Å². The van der Waals surface area contributed by atoms with E-state index in [2.05, 4.69) is 21.2 Å². The van der Waals surface area contributed by atoms with Gasteiger partial charge in [-0.05, 0) is 41.4 Å². The summed E-state index contributed by atoms with van der Waals surface area (Å²) in [6.07, 6.45) is 1.39. The molecular weight excluding hydrogens is 301 g/mol. The van der Waals surface area contributed by atoms with Crippen LogP contribution < -0.4 is 5.32 Å². The molecule has 1 rings (SSSR count). The van der Waals surface area contributed by atoms with Crippen LogP contribution in [-0.4, -0.2) is 23.2 Å². The van der Waals surface area contributed by atoms with Crippen molar-refractivity contribution in [2.24, 2.45) is 0 Å². The maximum Gasteiger partial charge on any atom is 0.254 e. The summed E-state index contributed by atoms with van der Waals surface area (Å²) in [5.41, 5.74) is -0.996. The number of nitrogens with one attached hydrogen (secondary N) is 1. The van der Waals surface area contributed by atoms with Crippen LogP contribution in [0.4, 0.5) is 4.39 Å². The zero-order valence-electron chi connectivity index (χ0n) is 10.5. The molecule has 0 aromatic heterocycles. The van der Waals surface area contributed by atoms with Gasteiger partial charge >= 0.3 is 0 Å². The third kappa shape index (κ3) is 4.07. The molecule has 0 aliphatic heterocycles. The summed E-state index contributed by atoms with van der Waals surface area (Å²) in [6.45, 7) is 3.70. The van der Waals surface area contributed by atoms with Crippen LogP contribution in [0.5, 0.6) is 0 Å². The standard InChI is InChI=1S/C13H17BrFNO2/c1-3-7-13(2,18)8-16-12(17)9-5-4-6-10(14)11(9)15/h4-6,18H,3,7-8H2,1-2H3,(H,16,17). The fourth-order valence-electron chi connectivity index (χ4n) is 1.67. The van der Waals surface area contributed by atoms with Gasteiger partial charge in [0, 0.05) is 6.54 Å². The highest BCUT2D eigenvalue weighted by molar-refractivity contribution is 9.10. The number of halogens is 2. The largest absolute Gasteiger partial charge is 0.388 e. The van der Waals surface area contributed by atoms with Gasteiger partial charge < -0.3 is 10.4 Å². The lowest BCUT2D eigenvalue weighted by atomic mass is 10.0. The normalized spacial score (nSPS) is 14.1. The highest BCUT2D eigenvalue weighted by Crippen LogP contribution is 2.18. The molecule has 100 valence electrons. The van der Waals surface area contributed by atoms with E-state index in [1.54, 1.807) is 13.0 Å². The molecule has 0 saturated heterocycles. The van der Waals surface area contributed by atoms with Crippen LogP contribution in [0.3, 0.4) is 0 Å². The van der Waals surface area contributed by atoms with Crippen molar-refractivity contribution in [3.63, 3.8) is 0 Å². The molecule has 5 heteroatoms. The Morgan fingerprint density at radius 1 is 1.56 bits per heavy atom. The van der Waals surface area contributed by atoms with Crippen molar-refractivity contribution >= 4 is 21.8 Å². The Morgan fingerprint density at radius 3 is 2.83 bits per heavy atom. The molecule has 0 aliphatic rings. The molecule has 2 N–H and O–H groups in total. The van der Waals surface area contributed by atoms with Gasteiger partial charge in [-0.3, -0.25) is 4.79 Å². The van der Waals surface area contributed by atoms with E-state index in [0.29, 0.717) is 6.42 Å². The summed E-state index contributed by atoms with van der Waals surface area (Å²) < 4.78 is 13.9. The number of amides is 1. The first-order chi connectivity index (χ1) is 8.37. The van der Waals surface area contributed by atoms with Crippen LogP contribution in [0.15, 0.2) is 22.7 Å². The average Bonchev–Trinajstić information content (AvgIpc) is 2.30. The fourth-order valence-corrected chi connectivity index (χ4v) is 2.04. The van der Waals surface area contributed by atoms with Crippen LogP contribution in [0, 0.1) is 5.82 Å². The molecule has 0 spiro atoms. The third-order valence-corrected chi connectivity index (χ3v) is 3.23. The first-order valence-electron chi connectivity index (χ1n) is 5.82. The molecule has 1 aromatic carbocycles. The molecule has 0 saturated carbocycles. The van der Waals surface area contributed by atoms with Gasteiger partial charge in [-0.25, -0.2) is 4.39 Å². The zero-order valence-corrected chi connectivity index (χ0v) is 12.1. The minimum absolute atomic E-state index is 0.0309. The summed E-state index contributed by atoms with van der Waals surface area (Å²) in [5.74, 6) is -1.12. The lowest BCUT2D eigenvalue weighted by Crippen LogP contribution is -2.40. The Balaban J connectivity index is 2.69. The summed E-state index contributed by atoms with van der Waals surface area (Å²) in [4.78, 5) is 11.8. The Kier molecular flexibility index (Phi) is 5.28. The van der Waals surface area contributed by atoms with Crippen molar-refractivity contribution in [2.45, 2.75) is 32.3 Å². The minimum Gasteiger partial charge on any atom is -0.388 e. The van der Waals surface area contributed by atoms with Gasteiger partial charge in [-0.15, -0.1) is 0 Å². The highest BCUT2D eigenvalue weighted by Gasteiger charge is 2.21. The van der Waals surface area contributed by atoms with E-state index >= 15 is 0 Å². The van der Waals surface area contributed by atoms with Gasteiger partial charge in [0.25, 0.3) is 5.91 Å². The maximum atomic E-state index is 13.6. The summed E-state index contributed by atoms with van der Waals surface area (Å²) in [5, 5.41) is 12.5. The molecule has 3 nitrogen and oxygen atoms in total. The molecule has 1 atom stereocenters. The second-order valence-corrected chi connectivity index (χ2v) is 5.39. The molecule has 0 fully saturated rings. The molecule has 0 aliphatic carbocycles. The SMILES string of the molecule is CCCC(C)(O)CNC(=O)c1cccc(Br)c1F. The third-order valence-electron chi connectivity index (χ3n) is 2.61. The Labute approximate surface area is 115 Å². The maximum absolute atomic E-state index is 13.6. The van der Waals surface area contributed by atoms with Crippen LogP contribution in [-0.2, 0) is 0 Å². The molecule has 1 amide bonds. The average molecular weight is 318 g/mol. The molecular formula is C13H17BrFNO2. The van der Waals surface area contributed by atoms with E-state index in [9.17, 15) is 14.3 Å². The van der Waals surface area contributed by atoms with E-state index in [4.69, 9.17) is 0 Å². The predicted molar refractivity (Wildman–Crippen MR) is 72.0 cm³/mol. The van der Waals surface area contributed by atoms with E-state index in [1.165, 1.54) is 12.1 Å². The minimum atomic E-state index is -0.965. The molecule has 1 unspecified atom stereocenters. The van der Waals surface area contributed by atoms with Gasteiger partial charge in [-0.2, -0.15) is 0 Å². The molecule has 0 heterocycles. The van der Waals surface area contributed by atoms with Gasteiger partial charge in [0.15, 0.2) is 0 Å². The molecule has 1 aromatic rings. The number of aliphatic hydroxyl groups is 1. The van der Waals surface area contributed by atoms with Crippen molar-refractivity contribution in [3.8, 4) is 0 Å². The number of rotatable bonds is 5. The van der Waals surface area contributed by atoms with Crippen molar-refractivity contribution < 1.29 is 14.3 Å². The van der Waals surface area contributed by atoms with Gasteiger partial charge in [-0.1, -0.05) is 19.4 Å². The zero-order chi connectivity index (χ0) is 13.8. The number of carbonyl (C=O) groups is 1. The number of carbonyl (C=O) groups excluding carboxylic acids is 1. The summed E-state index contributed by atoms with van der Waals surface area (Å²) in [7, 11) is 0. The van der Waals surface area contributed by atoms with Crippen molar-refractivity contribution in [1.82, 2.24) is 5.32 Å². The molecule has 18 heavy (non-hydrogen) atoms. The van der Waals surface area contributed by atoms with Crippen LogP contribution in [0.2, 0.25) is 0 Å². The highest BCUT2D eigenvalue weighted by atomic mass is 79.9. The second-order valence-electron chi connectivity index (χ2n) is 4.53. The van der Waals surface area contributed by atoms with E-state index in [0.717, 1.165) is 6.42 Å². The lowest BCUT2D eigenvalue weighted by molar-refractivity contribution is 0.0468. The molecule has 0 radical (unpaired) electrons. The van der Waals surface area contributed by atoms with Gasteiger partial charge in [0.2, 0.25) is 0 Å². The summed E-state index contributed by atoms with van der Waals surface area (Å²) in [6, 6.07) is 4.52. The van der Waals surface area contributed by atoms with Gasteiger partial charge in [0.05, 0.1) is 15.6 Å². The molecule has 0 bridgehead atoms. The topological polar surface area (TPSA) is 49.3 Å². The van der Waals surface area contributed by atoms with Crippen molar-refractivity contribution in [2.75, 3.05) is 6.54 Å².